The van der Waals surface area contributed by atoms with Crippen molar-refractivity contribution in [2.45, 2.75) is 36.7 Å². The Hall–Kier alpha value is -3.50. The molecule has 0 bridgehead atoms. The third-order valence-corrected chi connectivity index (χ3v) is 9.66. The average Bonchev–Trinajstić information content (AvgIpc) is 3.76. The Morgan fingerprint density at radius 1 is 1.03 bits per heavy atom. The highest BCUT2D eigenvalue weighted by Gasteiger charge is 2.48. The molecule has 9 nitrogen and oxygen atoms in total. The number of amides is 1. The lowest BCUT2D eigenvalue weighted by atomic mass is 10.1. The normalized spacial score (nSPS) is 16.3. The minimum atomic E-state index is -3.41. The van der Waals surface area contributed by atoms with Crippen LogP contribution in [0.4, 0.5) is 16.3 Å². The summed E-state index contributed by atoms with van der Waals surface area (Å²) in [6.45, 7) is 5.94. The Labute approximate surface area is 216 Å². The molecule has 0 spiro atoms. The van der Waals surface area contributed by atoms with E-state index in [4.69, 9.17) is 19.4 Å². The van der Waals surface area contributed by atoms with Crippen molar-refractivity contribution in [1.82, 2.24) is 9.97 Å². The van der Waals surface area contributed by atoms with Gasteiger partial charge in [0.2, 0.25) is 0 Å². The van der Waals surface area contributed by atoms with Crippen LogP contribution in [0.2, 0.25) is 0 Å². The minimum Gasteiger partial charge on any atom is -0.410 e. The lowest BCUT2D eigenvalue weighted by molar-refractivity contribution is 0.122. The van der Waals surface area contributed by atoms with Crippen LogP contribution in [0, 0.1) is 0 Å². The summed E-state index contributed by atoms with van der Waals surface area (Å²) in [5, 5.41) is 2.39. The molecule has 2 aliphatic rings. The first kappa shape index (κ1) is 25.2. The van der Waals surface area contributed by atoms with Crippen LogP contribution in [-0.2, 0) is 19.3 Å². The molecule has 37 heavy (non-hydrogen) atoms. The van der Waals surface area contributed by atoms with E-state index in [1.807, 2.05) is 6.07 Å². The Kier molecular flexibility index (Phi) is 6.87. The number of sulfone groups is 1. The molecule has 0 radical (unpaired) electrons. The lowest BCUT2D eigenvalue weighted by Crippen LogP contribution is -2.38. The van der Waals surface area contributed by atoms with Gasteiger partial charge in [-0.15, -0.1) is 0 Å². The molecule has 1 saturated carbocycles. The number of carbonyl (C=O) groups excluding carboxylic acids is 1. The summed E-state index contributed by atoms with van der Waals surface area (Å²) < 4.78 is 36.2. The van der Waals surface area contributed by atoms with E-state index in [0.29, 0.717) is 73.5 Å². The number of anilines is 2. The van der Waals surface area contributed by atoms with E-state index in [9.17, 15) is 13.2 Å². The third-order valence-electron chi connectivity index (χ3n) is 6.68. The fraction of sp³-hybridized carbons (Fsp3) is 0.370. The fourth-order valence-corrected chi connectivity index (χ4v) is 6.19. The lowest BCUT2D eigenvalue weighted by Gasteiger charge is -2.30. The van der Waals surface area contributed by atoms with Crippen LogP contribution in [0.1, 0.15) is 32.4 Å². The van der Waals surface area contributed by atoms with Crippen molar-refractivity contribution in [3.05, 3.63) is 66.4 Å². The zero-order valence-corrected chi connectivity index (χ0v) is 21.7. The summed E-state index contributed by atoms with van der Waals surface area (Å²) in [7, 11) is -3.41. The molecular formula is C27H30N4O5S. The summed E-state index contributed by atoms with van der Waals surface area (Å²) in [6.07, 6.45) is 0.793. The van der Waals surface area contributed by atoms with Crippen molar-refractivity contribution >= 4 is 27.4 Å². The molecule has 10 heteroatoms. The zero-order valence-electron chi connectivity index (χ0n) is 20.9. The summed E-state index contributed by atoms with van der Waals surface area (Å²) >= 11 is 0. The van der Waals surface area contributed by atoms with E-state index in [-0.39, 0.29) is 5.25 Å². The van der Waals surface area contributed by atoms with Gasteiger partial charge in [0, 0.05) is 30.4 Å². The molecule has 5 rings (SSSR count). The predicted molar refractivity (Wildman–Crippen MR) is 142 cm³/mol. The van der Waals surface area contributed by atoms with Crippen molar-refractivity contribution in [2.75, 3.05) is 36.5 Å². The molecule has 1 amide bonds. The van der Waals surface area contributed by atoms with Gasteiger partial charge in [-0.05, 0) is 63.1 Å². The highest BCUT2D eigenvalue weighted by molar-refractivity contribution is 7.93. The number of morpholine rings is 1. The largest absolute Gasteiger partial charge is 0.417 e. The number of nitrogens with zero attached hydrogens (tertiary/aromatic N) is 3. The second kappa shape index (κ2) is 10.1. The average molecular weight is 523 g/mol. The SMILES string of the molecule is CC(C)(c1cc(N2CCOCC2)nc(-c2ccc(NC(=O)Oc3ccccc3)cc2)n1)S(=O)(=O)C1CC1. The van der Waals surface area contributed by atoms with E-state index in [1.54, 1.807) is 68.4 Å². The molecule has 3 aromatic rings. The highest BCUT2D eigenvalue weighted by Crippen LogP contribution is 2.41. The van der Waals surface area contributed by atoms with Gasteiger partial charge in [-0.25, -0.2) is 23.2 Å². The second-order valence-corrected chi connectivity index (χ2v) is 12.5. The molecule has 194 valence electrons. The molecule has 1 aliphatic heterocycles. The zero-order chi connectivity index (χ0) is 26.0. The Bertz CT molecular complexity index is 1370. The van der Waals surface area contributed by atoms with E-state index in [2.05, 4.69) is 10.2 Å². The summed E-state index contributed by atoms with van der Waals surface area (Å²) in [4.78, 5) is 23.8. The molecule has 0 atom stereocenters. The molecule has 1 aromatic heterocycles. The number of benzene rings is 2. The van der Waals surface area contributed by atoms with Crippen molar-refractivity contribution in [3.63, 3.8) is 0 Å². The van der Waals surface area contributed by atoms with Gasteiger partial charge in [-0.2, -0.15) is 0 Å². The standard InChI is InChI=1S/C27H30N4O5S/c1-27(2,37(33,34)22-12-13-22)23-18-24(31-14-16-35-17-15-31)30-25(29-23)19-8-10-20(11-9-19)28-26(32)36-21-6-4-3-5-7-21/h3-11,18,22H,12-17H2,1-2H3,(H,28,32). The van der Waals surface area contributed by atoms with Crippen LogP contribution in [0.15, 0.2) is 60.7 Å². The predicted octanol–water partition coefficient (Wildman–Crippen LogP) is 4.40. The maximum absolute atomic E-state index is 13.3. The molecule has 1 N–H and O–H groups in total. The first-order chi connectivity index (χ1) is 17.7. The molecule has 0 unspecified atom stereocenters. The van der Waals surface area contributed by atoms with Gasteiger partial charge in [0.15, 0.2) is 15.7 Å². The number of rotatable bonds is 7. The number of hydrogen-bond donors (Lipinski definition) is 1. The van der Waals surface area contributed by atoms with Crippen LogP contribution in [0.3, 0.4) is 0 Å². The van der Waals surface area contributed by atoms with Gasteiger partial charge in [0.1, 0.15) is 16.3 Å². The van der Waals surface area contributed by atoms with Gasteiger partial charge < -0.3 is 14.4 Å². The van der Waals surface area contributed by atoms with Crippen molar-refractivity contribution in [2.24, 2.45) is 0 Å². The van der Waals surface area contributed by atoms with Crippen LogP contribution in [0.5, 0.6) is 5.75 Å². The molecule has 1 saturated heterocycles. The van der Waals surface area contributed by atoms with Gasteiger partial charge in [-0.3, -0.25) is 5.32 Å². The Morgan fingerprint density at radius 2 is 1.70 bits per heavy atom. The van der Waals surface area contributed by atoms with Gasteiger partial charge in [-0.1, -0.05) is 18.2 Å². The Balaban J connectivity index is 1.43. The van der Waals surface area contributed by atoms with E-state index in [0.717, 1.165) is 0 Å². The molecule has 2 aromatic carbocycles. The number of nitrogens with one attached hydrogen (secondary N) is 1. The second-order valence-electron chi connectivity index (χ2n) is 9.69. The third kappa shape index (κ3) is 5.45. The van der Waals surface area contributed by atoms with Crippen LogP contribution in [-0.4, -0.2) is 56.0 Å². The van der Waals surface area contributed by atoms with E-state index < -0.39 is 20.7 Å². The summed E-state index contributed by atoms with van der Waals surface area (Å²) in [5.74, 6) is 1.55. The van der Waals surface area contributed by atoms with Gasteiger partial charge in [0.05, 0.1) is 24.2 Å². The summed E-state index contributed by atoms with van der Waals surface area (Å²) in [6, 6.07) is 17.7. The number of ether oxygens (including phenoxy) is 2. The number of para-hydroxylation sites is 1. The quantitative estimate of drug-likeness (QED) is 0.486. The molecular weight excluding hydrogens is 492 g/mol. The minimum absolute atomic E-state index is 0.311. The highest BCUT2D eigenvalue weighted by atomic mass is 32.2. The monoisotopic (exact) mass is 522 g/mol. The topological polar surface area (TPSA) is 111 Å². The van der Waals surface area contributed by atoms with E-state index in [1.165, 1.54) is 0 Å². The fourth-order valence-electron chi connectivity index (χ4n) is 4.21. The molecule has 2 heterocycles. The molecule has 2 fully saturated rings. The van der Waals surface area contributed by atoms with Crippen molar-refractivity contribution < 1.29 is 22.7 Å². The molecule has 1 aliphatic carbocycles. The van der Waals surface area contributed by atoms with Crippen molar-refractivity contribution in [1.29, 1.82) is 0 Å². The first-order valence-electron chi connectivity index (χ1n) is 12.3. The van der Waals surface area contributed by atoms with Crippen LogP contribution in [0.25, 0.3) is 11.4 Å². The maximum atomic E-state index is 13.3. The van der Waals surface area contributed by atoms with Crippen molar-refractivity contribution in [3.8, 4) is 17.1 Å². The smallest absolute Gasteiger partial charge is 0.410 e. The summed E-state index contributed by atoms with van der Waals surface area (Å²) in [5.41, 5.74) is 1.73. The number of carbonyl (C=O) groups is 1. The van der Waals surface area contributed by atoms with Crippen LogP contribution < -0.4 is 15.0 Å². The van der Waals surface area contributed by atoms with E-state index >= 15 is 0 Å². The van der Waals surface area contributed by atoms with Gasteiger partial charge >= 0.3 is 6.09 Å². The Morgan fingerprint density at radius 3 is 2.35 bits per heavy atom. The number of aromatic nitrogens is 2. The maximum Gasteiger partial charge on any atom is 0.417 e. The van der Waals surface area contributed by atoms with Crippen LogP contribution >= 0.6 is 0 Å². The number of hydrogen-bond acceptors (Lipinski definition) is 8. The first-order valence-corrected chi connectivity index (χ1v) is 13.9. The van der Waals surface area contributed by atoms with Gasteiger partial charge in [0.25, 0.3) is 0 Å².